The summed E-state index contributed by atoms with van der Waals surface area (Å²) in [6.45, 7) is 0. The molecule has 0 amide bonds. The lowest BCUT2D eigenvalue weighted by atomic mass is 10.0. The van der Waals surface area contributed by atoms with Gasteiger partial charge < -0.3 is 4.90 Å². The van der Waals surface area contributed by atoms with Gasteiger partial charge in [-0.25, -0.2) is 4.68 Å². The molecule has 108 valence electrons. The lowest BCUT2D eigenvalue weighted by Crippen LogP contribution is -2.28. The van der Waals surface area contributed by atoms with Gasteiger partial charge in [-0.2, -0.15) is 10.1 Å². The highest BCUT2D eigenvalue weighted by Gasteiger charge is 2.27. The highest BCUT2D eigenvalue weighted by molar-refractivity contribution is 5.78. The van der Waals surface area contributed by atoms with E-state index in [1.807, 2.05) is 23.9 Å². The minimum atomic E-state index is 0.0603. The molecule has 0 bridgehead atoms. The van der Waals surface area contributed by atoms with Crippen molar-refractivity contribution < 1.29 is 0 Å². The quantitative estimate of drug-likeness (QED) is 0.725. The molecule has 0 aliphatic carbocycles. The van der Waals surface area contributed by atoms with E-state index in [2.05, 4.69) is 69.6 Å². The van der Waals surface area contributed by atoms with Gasteiger partial charge >= 0.3 is 0 Å². The summed E-state index contributed by atoms with van der Waals surface area (Å²) >= 11 is 0. The summed E-state index contributed by atoms with van der Waals surface area (Å²) in [6, 6.07) is 20.8. The highest BCUT2D eigenvalue weighted by atomic mass is 15.5. The Morgan fingerprint density at radius 1 is 0.909 bits per heavy atom. The van der Waals surface area contributed by atoms with Crippen LogP contribution in [0, 0.1) is 0 Å². The van der Waals surface area contributed by atoms with Crippen LogP contribution in [0.2, 0.25) is 0 Å². The molecular weight excluding hydrogens is 272 g/mol. The second-order valence-electron chi connectivity index (χ2n) is 5.34. The summed E-state index contributed by atoms with van der Waals surface area (Å²) < 4.78 is 1.96. The Balaban J connectivity index is 1.88. The third kappa shape index (κ3) is 2.00. The Morgan fingerprint density at radius 3 is 2.32 bits per heavy atom. The lowest BCUT2D eigenvalue weighted by molar-refractivity contribution is 0.599. The van der Waals surface area contributed by atoms with Gasteiger partial charge in [0.2, 0.25) is 5.95 Å². The molecule has 22 heavy (non-hydrogen) atoms. The Hall–Kier alpha value is -2.88. The number of hydrogen-bond acceptors (Lipinski definition) is 3. The van der Waals surface area contributed by atoms with Crippen LogP contribution < -0.4 is 4.90 Å². The van der Waals surface area contributed by atoms with Gasteiger partial charge in [-0.15, -0.1) is 0 Å². The number of anilines is 1. The maximum atomic E-state index is 4.43. The summed E-state index contributed by atoms with van der Waals surface area (Å²) in [6.07, 6.45) is 3.86. The van der Waals surface area contributed by atoms with Crippen LogP contribution in [0.5, 0.6) is 0 Å². The van der Waals surface area contributed by atoms with Crippen LogP contribution in [-0.2, 0) is 0 Å². The molecule has 0 N–H and O–H groups in total. The second-order valence-corrected chi connectivity index (χ2v) is 5.34. The maximum absolute atomic E-state index is 4.43. The first-order chi connectivity index (χ1) is 10.8. The molecule has 4 rings (SSSR count). The fourth-order valence-corrected chi connectivity index (χ4v) is 2.91. The number of fused-ring (bicyclic) bond motifs is 1. The van der Waals surface area contributed by atoms with Gasteiger partial charge in [-0.1, -0.05) is 60.7 Å². The number of nitrogens with zero attached hydrogens (tertiary/aromatic N) is 4. The summed E-state index contributed by atoms with van der Waals surface area (Å²) in [5.74, 6) is 0.857. The van der Waals surface area contributed by atoms with Gasteiger partial charge in [0.25, 0.3) is 0 Å². The van der Waals surface area contributed by atoms with Crippen LogP contribution in [-0.4, -0.2) is 21.8 Å². The summed E-state index contributed by atoms with van der Waals surface area (Å²) in [5.41, 5.74) is 3.53. The van der Waals surface area contributed by atoms with Crippen LogP contribution in [0.1, 0.15) is 17.2 Å². The number of benzene rings is 2. The SMILES string of the molecule is CN1C(c2ccccc2)=C[C@@H](c2ccccc2)n2ncnc21. The van der Waals surface area contributed by atoms with E-state index < -0.39 is 0 Å². The predicted molar refractivity (Wildman–Crippen MR) is 87.4 cm³/mol. The van der Waals surface area contributed by atoms with Gasteiger partial charge in [0, 0.05) is 12.7 Å². The van der Waals surface area contributed by atoms with E-state index in [9.17, 15) is 0 Å². The topological polar surface area (TPSA) is 34.0 Å². The Kier molecular flexibility index (Phi) is 3.00. The van der Waals surface area contributed by atoms with Gasteiger partial charge in [0.1, 0.15) is 12.4 Å². The number of hydrogen-bond donors (Lipinski definition) is 0. The molecule has 2 heterocycles. The van der Waals surface area contributed by atoms with E-state index in [-0.39, 0.29) is 6.04 Å². The molecule has 2 aromatic carbocycles. The van der Waals surface area contributed by atoms with Crippen molar-refractivity contribution in [3.63, 3.8) is 0 Å². The molecule has 1 aliphatic heterocycles. The summed E-state index contributed by atoms with van der Waals surface area (Å²) in [4.78, 5) is 6.51. The van der Waals surface area contributed by atoms with Crippen molar-refractivity contribution in [2.24, 2.45) is 0 Å². The zero-order valence-corrected chi connectivity index (χ0v) is 12.3. The number of allylic oxidation sites excluding steroid dienone is 1. The largest absolute Gasteiger partial charge is 0.313 e. The van der Waals surface area contributed by atoms with Crippen LogP contribution in [0.3, 0.4) is 0 Å². The monoisotopic (exact) mass is 288 g/mol. The van der Waals surface area contributed by atoms with Crippen molar-refractivity contribution in [2.45, 2.75) is 6.04 Å². The Morgan fingerprint density at radius 2 is 1.59 bits per heavy atom. The van der Waals surface area contributed by atoms with Gasteiger partial charge in [0.15, 0.2) is 0 Å². The van der Waals surface area contributed by atoms with Crippen molar-refractivity contribution in [3.8, 4) is 0 Å². The van der Waals surface area contributed by atoms with Crippen LogP contribution in [0.25, 0.3) is 5.70 Å². The Bertz CT molecular complexity index is 805. The predicted octanol–water partition coefficient (Wildman–Crippen LogP) is 3.36. The van der Waals surface area contributed by atoms with Crippen molar-refractivity contribution in [1.82, 2.24) is 14.8 Å². The van der Waals surface area contributed by atoms with Crippen molar-refractivity contribution in [3.05, 3.63) is 84.2 Å². The lowest BCUT2D eigenvalue weighted by Gasteiger charge is -2.30. The molecule has 0 spiro atoms. The van der Waals surface area contributed by atoms with E-state index >= 15 is 0 Å². The van der Waals surface area contributed by atoms with E-state index in [4.69, 9.17) is 0 Å². The second kappa shape index (κ2) is 5.15. The molecule has 1 atom stereocenters. The van der Waals surface area contributed by atoms with Crippen molar-refractivity contribution in [1.29, 1.82) is 0 Å². The zero-order chi connectivity index (χ0) is 14.9. The van der Waals surface area contributed by atoms with Gasteiger partial charge in [0.05, 0.1) is 0 Å². The van der Waals surface area contributed by atoms with E-state index in [1.165, 1.54) is 11.1 Å². The van der Waals surface area contributed by atoms with E-state index in [0.717, 1.165) is 11.6 Å². The van der Waals surface area contributed by atoms with E-state index in [1.54, 1.807) is 6.33 Å². The maximum Gasteiger partial charge on any atom is 0.228 e. The molecule has 4 nitrogen and oxygen atoms in total. The summed E-state index contributed by atoms with van der Waals surface area (Å²) in [7, 11) is 2.03. The first-order valence-corrected chi connectivity index (χ1v) is 7.30. The molecule has 0 saturated heterocycles. The molecule has 3 aromatic rings. The average Bonchev–Trinajstić information content (AvgIpc) is 3.07. The Labute approximate surface area is 129 Å². The molecule has 0 saturated carbocycles. The average molecular weight is 288 g/mol. The first-order valence-electron chi connectivity index (χ1n) is 7.30. The third-order valence-electron chi connectivity index (χ3n) is 4.01. The first kappa shape index (κ1) is 12.8. The third-order valence-corrected chi connectivity index (χ3v) is 4.01. The van der Waals surface area contributed by atoms with E-state index in [0.29, 0.717) is 0 Å². The molecule has 1 aromatic heterocycles. The highest BCUT2D eigenvalue weighted by Crippen LogP contribution is 2.35. The van der Waals surface area contributed by atoms with Crippen LogP contribution in [0.15, 0.2) is 73.1 Å². The normalized spacial score (nSPS) is 17.0. The van der Waals surface area contributed by atoms with Crippen LogP contribution >= 0.6 is 0 Å². The molecule has 0 unspecified atom stereocenters. The minimum absolute atomic E-state index is 0.0603. The smallest absolute Gasteiger partial charge is 0.228 e. The zero-order valence-electron chi connectivity index (χ0n) is 12.3. The fraction of sp³-hybridized carbons (Fsp3) is 0.111. The van der Waals surface area contributed by atoms with Crippen molar-refractivity contribution >= 4 is 11.6 Å². The minimum Gasteiger partial charge on any atom is -0.313 e. The van der Waals surface area contributed by atoms with Gasteiger partial charge in [-0.3, -0.25) is 0 Å². The fourth-order valence-electron chi connectivity index (χ4n) is 2.91. The molecule has 4 heteroatoms. The molecular formula is C18H16N4. The number of rotatable bonds is 2. The summed E-state index contributed by atoms with van der Waals surface area (Å²) in [5, 5.41) is 4.41. The van der Waals surface area contributed by atoms with Gasteiger partial charge in [-0.05, 0) is 17.2 Å². The number of aromatic nitrogens is 3. The molecule has 1 aliphatic rings. The molecule has 0 fully saturated rings. The molecule has 0 radical (unpaired) electrons. The standard InChI is InChI=1S/C18H16N4/c1-21-16(14-8-4-2-5-9-14)12-17(15-10-6-3-7-11-15)22-18(21)19-13-20-22/h2-13,17H,1H3/t17-/m0/s1. The van der Waals surface area contributed by atoms with Crippen LogP contribution in [0.4, 0.5) is 5.95 Å². The van der Waals surface area contributed by atoms with Crippen molar-refractivity contribution in [2.75, 3.05) is 11.9 Å².